The van der Waals surface area contributed by atoms with E-state index in [1.807, 2.05) is 18.7 Å². The lowest BCUT2D eigenvalue weighted by molar-refractivity contribution is -0.137. The van der Waals surface area contributed by atoms with E-state index in [-0.39, 0.29) is 4.75 Å². The number of alkyl halides is 3. The molecule has 30 heavy (non-hydrogen) atoms. The Morgan fingerprint density at radius 2 is 2.07 bits per heavy atom. The van der Waals surface area contributed by atoms with Gasteiger partial charge in [0.1, 0.15) is 6.10 Å². The van der Waals surface area contributed by atoms with E-state index < -0.39 is 17.8 Å². The molecule has 1 unspecified atom stereocenters. The van der Waals surface area contributed by atoms with Crippen molar-refractivity contribution in [2.24, 2.45) is 4.99 Å². The van der Waals surface area contributed by atoms with Gasteiger partial charge in [-0.25, -0.2) is 0 Å². The van der Waals surface area contributed by atoms with Gasteiger partial charge in [0.2, 0.25) is 0 Å². The summed E-state index contributed by atoms with van der Waals surface area (Å²) in [7, 11) is 0. The summed E-state index contributed by atoms with van der Waals surface area (Å²) < 4.78 is 50.7. The van der Waals surface area contributed by atoms with Gasteiger partial charge in [0.05, 0.1) is 25.3 Å². The van der Waals surface area contributed by atoms with Crippen molar-refractivity contribution in [1.82, 2.24) is 10.2 Å². The summed E-state index contributed by atoms with van der Waals surface area (Å²) >= 11 is 1.84. The molecule has 5 nitrogen and oxygen atoms in total. The fraction of sp³-hybridized carbons (Fsp3) is 0.667. The molecule has 0 aliphatic carbocycles. The van der Waals surface area contributed by atoms with Gasteiger partial charge in [-0.15, -0.1) is 0 Å². The molecule has 1 aromatic carbocycles. The van der Waals surface area contributed by atoms with Gasteiger partial charge in [-0.3, -0.25) is 4.99 Å². The van der Waals surface area contributed by atoms with Crippen LogP contribution in [0, 0.1) is 0 Å². The molecule has 2 aliphatic rings. The third-order valence-electron chi connectivity index (χ3n) is 5.64. The van der Waals surface area contributed by atoms with Crippen LogP contribution in [0.15, 0.2) is 29.3 Å². The quantitative estimate of drug-likeness (QED) is 0.549. The largest absolute Gasteiger partial charge is 0.416 e. The van der Waals surface area contributed by atoms with Crippen molar-refractivity contribution in [3.05, 3.63) is 35.4 Å². The molecule has 2 saturated heterocycles. The van der Waals surface area contributed by atoms with Crippen molar-refractivity contribution in [3.8, 4) is 0 Å². The van der Waals surface area contributed by atoms with E-state index in [4.69, 9.17) is 14.5 Å². The molecule has 2 heterocycles. The Balaban J connectivity index is 1.74. The lowest BCUT2D eigenvalue weighted by Gasteiger charge is -2.37. The van der Waals surface area contributed by atoms with Crippen molar-refractivity contribution in [2.75, 3.05) is 52.3 Å². The van der Waals surface area contributed by atoms with E-state index in [0.29, 0.717) is 31.8 Å². The van der Waals surface area contributed by atoms with Gasteiger partial charge in [0.25, 0.3) is 0 Å². The fourth-order valence-electron chi connectivity index (χ4n) is 3.77. The molecule has 0 spiro atoms. The highest BCUT2D eigenvalue weighted by Crippen LogP contribution is 2.35. The molecule has 2 aliphatic heterocycles. The Kier molecular flexibility index (Phi) is 7.92. The van der Waals surface area contributed by atoms with Crippen molar-refractivity contribution < 1.29 is 22.6 Å². The van der Waals surface area contributed by atoms with Crippen molar-refractivity contribution >= 4 is 17.7 Å². The molecular weight excluding hydrogens is 415 g/mol. The van der Waals surface area contributed by atoms with Gasteiger partial charge in [0, 0.05) is 31.1 Å². The minimum Gasteiger partial charge on any atom is -0.381 e. The second-order valence-electron chi connectivity index (χ2n) is 7.60. The molecule has 0 amide bonds. The molecule has 168 valence electrons. The summed E-state index contributed by atoms with van der Waals surface area (Å²) in [6.07, 6.45) is -0.745. The molecule has 1 atom stereocenters. The molecule has 0 radical (unpaired) electrons. The third kappa shape index (κ3) is 5.82. The maximum Gasteiger partial charge on any atom is 0.416 e. The maximum atomic E-state index is 13.1. The Bertz CT molecular complexity index is 724. The number of hydrogen-bond acceptors (Lipinski definition) is 4. The molecule has 0 aromatic heterocycles. The fourth-order valence-corrected chi connectivity index (χ4v) is 4.54. The number of rotatable bonds is 5. The Labute approximate surface area is 180 Å². The lowest BCUT2D eigenvalue weighted by Crippen LogP contribution is -2.49. The van der Waals surface area contributed by atoms with E-state index in [1.165, 1.54) is 12.1 Å². The number of guanidine groups is 1. The highest BCUT2D eigenvalue weighted by Gasteiger charge is 2.34. The second-order valence-corrected chi connectivity index (χ2v) is 8.87. The predicted molar refractivity (Wildman–Crippen MR) is 114 cm³/mol. The first-order chi connectivity index (χ1) is 14.4. The molecule has 1 aromatic rings. The summed E-state index contributed by atoms with van der Waals surface area (Å²) in [4.78, 5) is 7.00. The van der Waals surface area contributed by atoms with Gasteiger partial charge in [-0.05, 0) is 43.7 Å². The molecule has 0 saturated carbocycles. The molecule has 2 fully saturated rings. The Morgan fingerprint density at radius 1 is 1.30 bits per heavy atom. The predicted octanol–water partition coefficient (Wildman–Crippen LogP) is 3.96. The number of benzene rings is 1. The number of aliphatic imine (C=N–C) groups is 1. The van der Waals surface area contributed by atoms with E-state index in [2.05, 4.69) is 16.5 Å². The van der Waals surface area contributed by atoms with E-state index >= 15 is 0 Å². The highest BCUT2D eigenvalue weighted by atomic mass is 32.2. The maximum absolute atomic E-state index is 13.1. The van der Waals surface area contributed by atoms with E-state index in [9.17, 15) is 13.2 Å². The average Bonchev–Trinajstić information content (AvgIpc) is 2.77. The Morgan fingerprint density at radius 3 is 2.73 bits per heavy atom. The van der Waals surface area contributed by atoms with Crippen LogP contribution in [0.2, 0.25) is 0 Å². The number of halogens is 3. The monoisotopic (exact) mass is 445 g/mol. The Hall–Kier alpha value is -1.45. The number of nitrogens with one attached hydrogen (secondary N) is 1. The zero-order valence-corrected chi connectivity index (χ0v) is 18.3. The highest BCUT2D eigenvalue weighted by molar-refractivity contribution is 8.00. The molecule has 3 rings (SSSR count). The van der Waals surface area contributed by atoms with E-state index in [0.717, 1.165) is 44.6 Å². The van der Waals surface area contributed by atoms with Crippen LogP contribution >= 0.6 is 11.8 Å². The van der Waals surface area contributed by atoms with Crippen LogP contribution in [0.4, 0.5) is 13.2 Å². The molecule has 0 bridgehead atoms. The first-order valence-corrected chi connectivity index (χ1v) is 11.5. The van der Waals surface area contributed by atoms with Crippen LogP contribution in [0.3, 0.4) is 0 Å². The van der Waals surface area contributed by atoms with Gasteiger partial charge >= 0.3 is 6.18 Å². The van der Waals surface area contributed by atoms with Gasteiger partial charge < -0.3 is 19.7 Å². The summed E-state index contributed by atoms with van der Waals surface area (Å²) in [5.41, 5.74) is -0.113. The van der Waals surface area contributed by atoms with Crippen LogP contribution in [0.25, 0.3) is 0 Å². The van der Waals surface area contributed by atoms with Gasteiger partial charge in [0.15, 0.2) is 5.96 Å². The summed E-state index contributed by atoms with van der Waals surface area (Å²) in [5, 5.41) is 3.34. The summed E-state index contributed by atoms with van der Waals surface area (Å²) in [6.45, 7) is 6.47. The van der Waals surface area contributed by atoms with Crippen molar-refractivity contribution in [2.45, 2.75) is 36.8 Å². The number of hydrogen-bond donors (Lipinski definition) is 1. The third-order valence-corrected chi connectivity index (χ3v) is 7.04. The lowest BCUT2D eigenvalue weighted by atomic mass is 9.99. The second kappa shape index (κ2) is 10.2. The molecule has 1 N–H and O–H groups in total. The minimum absolute atomic E-state index is 0.0750. The smallest absolute Gasteiger partial charge is 0.381 e. The average molecular weight is 446 g/mol. The van der Waals surface area contributed by atoms with Gasteiger partial charge in [-0.2, -0.15) is 24.9 Å². The van der Waals surface area contributed by atoms with Crippen molar-refractivity contribution in [1.29, 1.82) is 0 Å². The summed E-state index contributed by atoms with van der Waals surface area (Å²) in [6, 6.07) is 5.40. The van der Waals surface area contributed by atoms with Crippen LogP contribution in [0.1, 0.15) is 37.0 Å². The zero-order valence-electron chi connectivity index (χ0n) is 17.5. The van der Waals surface area contributed by atoms with Crippen LogP contribution in [0.5, 0.6) is 0 Å². The topological polar surface area (TPSA) is 46.1 Å². The van der Waals surface area contributed by atoms with E-state index in [1.54, 1.807) is 6.07 Å². The SMILES string of the molecule is CCNC(=NCC1(SC)CCOCC1)N1CCOC(c2cccc(C(F)(F)F)c2)C1. The van der Waals surface area contributed by atoms with Crippen LogP contribution in [-0.4, -0.2) is 67.9 Å². The minimum atomic E-state index is -4.36. The van der Waals surface area contributed by atoms with Gasteiger partial charge in [-0.1, -0.05) is 12.1 Å². The summed E-state index contributed by atoms with van der Waals surface area (Å²) in [5.74, 6) is 0.790. The standard InChI is InChI=1S/C21H30F3N3O2S/c1-3-25-19(26-15-20(30-2)7-10-28-11-8-20)27-9-12-29-18(14-27)16-5-4-6-17(13-16)21(22,23)24/h4-6,13,18H,3,7-12,14-15H2,1-2H3,(H,25,26). The van der Waals surface area contributed by atoms with Crippen molar-refractivity contribution in [3.63, 3.8) is 0 Å². The number of thioether (sulfide) groups is 1. The number of morpholine rings is 1. The molecular formula is C21H30F3N3O2S. The molecule has 9 heteroatoms. The first-order valence-electron chi connectivity index (χ1n) is 10.3. The van der Waals surface area contributed by atoms with Crippen LogP contribution < -0.4 is 5.32 Å². The number of ether oxygens (including phenoxy) is 2. The first kappa shape index (κ1) is 23.2. The number of nitrogens with zero attached hydrogens (tertiary/aromatic N) is 2. The van der Waals surface area contributed by atoms with Crippen LogP contribution in [-0.2, 0) is 15.7 Å². The zero-order chi connectivity index (χ0) is 21.6. The normalized spacial score (nSPS) is 22.8.